The number of halogens is 1. The number of anilines is 1. The molecule has 6 aromatic carbocycles. The fourth-order valence-corrected chi connectivity index (χ4v) is 18.3. The lowest BCUT2D eigenvalue weighted by molar-refractivity contribution is 0.157. The number of rotatable bonds is 6. The van der Waals surface area contributed by atoms with E-state index >= 15 is 0 Å². The van der Waals surface area contributed by atoms with Gasteiger partial charge in [-0.2, -0.15) is 10.2 Å². The minimum atomic E-state index is -0.355. The van der Waals surface area contributed by atoms with Crippen molar-refractivity contribution >= 4 is 47.0 Å². The van der Waals surface area contributed by atoms with Crippen LogP contribution in [0.25, 0.3) is 66.5 Å². The van der Waals surface area contributed by atoms with Crippen molar-refractivity contribution in [1.29, 1.82) is 0 Å². The van der Waals surface area contributed by atoms with Gasteiger partial charge in [0.25, 0.3) is 30.1 Å². The molecule has 11 aromatic rings. The van der Waals surface area contributed by atoms with Gasteiger partial charge in [0.05, 0.1) is 24.1 Å². The SMILES string of the molecule is C[C@H]1OC(N)=N[C@@]12Cc1cccc(-c3ccncc3)c1C2.C[C@H]1OC(N)=N[C@@]12Cc1cccc(-c3ccncc3F)c1C2.C[C@H]1OC(N)=N[C@@]12Cc1cccc(-c3ccnnc3)c1C2.C[C@H]1OC(N)=N[C@@]12Cc1cccc(-c3cnc(N(C)C)nc3)c1C2.C[C@H]1OC(N)=N[C@@]12Cc1cccc(-c3cnc4ccccc4c3)c1C2. The summed E-state index contributed by atoms with van der Waals surface area (Å²) in [5, 5.41) is 8.99. The quantitative estimate of drug-likeness (QED) is 0.103. The van der Waals surface area contributed by atoms with Gasteiger partial charge in [0.2, 0.25) is 5.95 Å². The third kappa shape index (κ3) is 13.6. The van der Waals surface area contributed by atoms with Crippen molar-refractivity contribution in [2.45, 2.75) is 157 Å². The van der Waals surface area contributed by atoms with E-state index in [1.54, 1.807) is 24.7 Å². The molecular formula is C89H89FN18O5. The molecule has 5 aliphatic carbocycles. The van der Waals surface area contributed by atoms with Crippen molar-refractivity contribution in [1.82, 2.24) is 35.1 Å². The summed E-state index contributed by atoms with van der Waals surface area (Å²) in [5.41, 5.74) is 52.4. The Morgan fingerprint density at radius 1 is 0.336 bits per heavy atom. The summed E-state index contributed by atoms with van der Waals surface area (Å²) in [6, 6.07) is 51.4. The van der Waals surface area contributed by atoms with E-state index < -0.39 is 0 Å². The number of hydrogen-bond acceptors (Lipinski definition) is 23. The molecule has 0 bridgehead atoms. The lowest BCUT2D eigenvalue weighted by Crippen LogP contribution is -2.36. The molecule has 113 heavy (non-hydrogen) atoms. The average Bonchev–Trinajstić information content (AvgIpc) is 1.62. The van der Waals surface area contributed by atoms with Gasteiger partial charge in [-0.3, -0.25) is 15.0 Å². The van der Waals surface area contributed by atoms with Gasteiger partial charge in [-0.05, 0) is 160 Å². The molecule has 5 aromatic heterocycles. The predicted octanol–water partition coefficient (Wildman–Crippen LogP) is 11.7. The van der Waals surface area contributed by atoms with E-state index in [1.165, 1.54) is 84.1 Å². The Morgan fingerprint density at radius 2 is 0.699 bits per heavy atom. The van der Waals surface area contributed by atoms with E-state index in [9.17, 15) is 4.39 Å². The highest BCUT2D eigenvalue weighted by Crippen LogP contribution is 2.49. The second-order valence-electron chi connectivity index (χ2n) is 31.4. The van der Waals surface area contributed by atoms with Gasteiger partial charge in [0.1, 0.15) is 64.0 Å². The largest absolute Gasteiger partial charge is 0.460 e. The fourth-order valence-electron chi connectivity index (χ4n) is 18.3. The van der Waals surface area contributed by atoms with Gasteiger partial charge in [-0.1, -0.05) is 109 Å². The van der Waals surface area contributed by atoms with Gasteiger partial charge < -0.3 is 57.3 Å². The van der Waals surface area contributed by atoms with E-state index in [0.717, 1.165) is 96.5 Å². The summed E-state index contributed by atoms with van der Waals surface area (Å²) in [4.78, 5) is 46.3. The molecule has 0 radical (unpaired) electrons. The van der Waals surface area contributed by atoms with Crippen LogP contribution in [0.1, 0.15) is 90.3 Å². The minimum absolute atomic E-state index is 0.00229. The molecule has 0 saturated carbocycles. The Morgan fingerprint density at radius 3 is 1.09 bits per heavy atom. The minimum Gasteiger partial charge on any atom is -0.460 e. The van der Waals surface area contributed by atoms with Crippen molar-refractivity contribution in [2.75, 3.05) is 19.0 Å². The van der Waals surface area contributed by atoms with E-state index in [-0.39, 0.29) is 70.1 Å². The van der Waals surface area contributed by atoms with Gasteiger partial charge in [0, 0.05) is 143 Å². The number of ether oxygens (including phenoxy) is 5. The molecule has 23 nitrogen and oxygen atoms in total. The summed E-state index contributed by atoms with van der Waals surface area (Å²) in [7, 11) is 3.87. The highest BCUT2D eigenvalue weighted by atomic mass is 19.1. The van der Waals surface area contributed by atoms with Crippen LogP contribution in [0.2, 0.25) is 0 Å². The number of aliphatic imine (C=N–C) groups is 5. The lowest BCUT2D eigenvalue weighted by Gasteiger charge is -2.23. The van der Waals surface area contributed by atoms with Crippen LogP contribution in [0.15, 0.2) is 226 Å². The molecule has 21 rings (SSSR count). The number of hydrogen-bond donors (Lipinski definition) is 5. The normalized spacial score (nSPS) is 25.5. The van der Waals surface area contributed by atoms with Gasteiger partial charge in [-0.15, -0.1) is 0 Å². The van der Waals surface area contributed by atoms with Crippen molar-refractivity contribution in [3.05, 3.63) is 263 Å². The maximum absolute atomic E-state index is 14.1. The second kappa shape index (κ2) is 28.9. The van der Waals surface area contributed by atoms with Crippen LogP contribution in [0.3, 0.4) is 0 Å². The first-order valence-corrected chi connectivity index (χ1v) is 38.3. The van der Waals surface area contributed by atoms with Gasteiger partial charge >= 0.3 is 0 Å². The number of pyridine rings is 3. The Balaban J connectivity index is 0.000000102. The number of aromatic nitrogens is 7. The highest BCUT2D eigenvalue weighted by Gasteiger charge is 2.53. The van der Waals surface area contributed by atoms with E-state index in [2.05, 4.69) is 165 Å². The number of nitrogens with zero attached hydrogens (tertiary/aromatic N) is 13. The van der Waals surface area contributed by atoms with Crippen LogP contribution >= 0.6 is 0 Å². The molecule has 0 amide bonds. The summed E-state index contributed by atoms with van der Waals surface area (Å²) in [5.74, 6) is 0.397. The smallest absolute Gasteiger partial charge is 0.282 e. The maximum atomic E-state index is 14.1. The Bertz CT molecular complexity index is 5560. The monoisotopic (exact) mass is 1510 g/mol. The standard InChI is InChI=1S/C21H19N3O.C18H21N5O.C17H16FN3O.C17H17N3O.C16H16N4O/c1-13-21(24-20(22)25-13)10-15-6-4-7-17(18(15)11-21)16-9-14-5-2-3-8-19(14)23-12-16;1-11-18(22-16(19)24-11)7-12-5-4-6-14(15(12)8-18)13-9-20-17(21-10-13)23(2)3;1-10-17(21-16(19)22-10)7-11-3-2-4-12(14(11)8-17)13-5-6-20-9-15(13)18;1-11-17(20-16(18)21-11)9-13-3-2-4-14(15(13)10-17)12-5-7-19-8-6-12;1-10-16(20-15(17)21-10)7-11-3-2-4-13(14(11)8-16)12-5-6-18-19-9-12/h2-9,12-13H,10-11H2,1H3,(H2,22,24);4-6,9-11H,7-8H2,1-3H3,(H2,19,22);2-6,9-10H,7-8H2,1H3,(H2,19,21);2-8,11H,9-10H2,1H3,(H2,18,20);2-6,9-10H,7-8H2,1H3,(H2,17,20)/t13-,21-;11-,18-;10-,17-;11-,17-;10-,16-/m11111/s1. The van der Waals surface area contributed by atoms with Crippen molar-refractivity contribution in [2.24, 2.45) is 53.6 Å². The topological polar surface area (TPSA) is 332 Å². The highest BCUT2D eigenvalue weighted by molar-refractivity contribution is 5.86. The van der Waals surface area contributed by atoms with Crippen LogP contribution in [0, 0.1) is 5.82 Å². The number of fused-ring (bicyclic) bond motifs is 6. The van der Waals surface area contributed by atoms with Gasteiger partial charge in [-0.25, -0.2) is 39.3 Å². The molecule has 0 fully saturated rings. The third-order valence-electron chi connectivity index (χ3n) is 24.4. The van der Waals surface area contributed by atoms with Crippen LogP contribution < -0.4 is 33.6 Å². The van der Waals surface area contributed by atoms with E-state index in [0.29, 0.717) is 42.0 Å². The third-order valence-corrected chi connectivity index (χ3v) is 24.4. The molecule has 24 heteroatoms. The van der Waals surface area contributed by atoms with Gasteiger partial charge in [0.15, 0.2) is 0 Å². The summed E-state index contributed by atoms with van der Waals surface area (Å²) < 4.78 is 42.1. The predicted molar refractivity (Wildman–Crippen MR) is 437 cm³/mol. The van der Waals surface area contributed by atoms with Crippen molar-refractivity contribution in [3.63, 3.8) is 0 Å². The fraction of sp³-hybridized carbons (Fsp3) is 0.303. The van der Waals surface area contributed by atoms with Crippen LogP contribution in [0.4, 0.5) is 10.3 Å². The Kier molecular flexibility index (Phi) is 18.7. The molecule has 10 N–H and O–H groups in total. The molecule has 0 unspecified atom stereocenters. The Labute approximate surface area is 654 Å². The van der Waals surface area contributed by atoms with Crippen LogP contribution in [-0.4, -0.2) is 138 Å². The molecule has 5 spiro atoms. The molecule has 5 aliphatic heterocycles. The lowest BCUT2D eigenvalue weighted by atomic mass is 9.90. The van der Waals surface area contributed by atoms with Crippen LogP contribution in [-0.2, 0) is 87.9 Å². The summed E-state index contributed by atoms with van der Waals surface area (Å²) in [6.45, 7) is 10.2. The number of nitrogens with two attached hydrogens (primary N) is 5. The molecule has 572 valence electrons. The first-order chi connectivity index (χ1) is 54.6. The summed E-state index contributed by atoms with van der Waals surface area (Å²) >= 11 is 0. The first-order valence-electron chi connectivity index (χ1n) is 38.3. The zero-order valence-electron chi connectivity index (χ0n) is 64.1. The maximum Gasteiger partial charge on any atom is 0.282 e. The summed E-state index contributed by atoms with van der Waals surface area (Å²) in [6.07, 6.45) is 24.1. The van der Waals surface area contributed by atoms with Crippen molar-refractivity contribution < 1.29 is 28.1 Å². The molecular weight excluding hydrogens is 1420 g/mol. The second-order valence-corrected chi connectivity index (χ2v) is 31.4. The van der Waals surface area contributed by atoms with Crippen LogP contribution in [0.5, 0.6) is 0 Å². The zero-order chi connectivity index (χ0) is 78.1. The van der Waals surface area contributed by atoms with E-state index in [4.69, 9.17) is 52.4 Å². The molecule has 0 saturated heterocycles. The number of benzene rings is 6. The number of para-hydroxylation sites is 1. The number of amidine groups is 5. The molecule has 10 atom stereocenters. The molecule has 10 heterocycles. The zero-order valence-corrected chi connectivity index (χ0v) is 64.1. The average molecular weight is 1510 g/mol. The first kappa shape index (κ1) is 73.1. The molecule has 10 aliphatic rings. The Hall–Kier alpha value is -12.7. The van der Waals surface area contributed by atoms with E-state index in [1.807, 2.05) is 119 Å². The van der Waals surface area contributed by atoms with Crippen molar-refractivity contribution in [3.8, 4) is 55.6 Å².